The molecule has 0 bridgehead atoms. The van der Waals surface area contributed by atoms with E-state index < -0.39 is 20.7 Å². The average molecular weight is 549 g/mol. The molecule has 0 unspecified atom stereocenters. The number of hydrogen-bond donors (Lipinski definition) is 1. The molecule has 2 heterocycles. The van der Waals surface area contributed by atoms with Crippen molar-refractivity contribution in [2.24, 2.45) is 0 Å². The van der Waals surface area contributed by atoms with Crippen molar-refractivity contribution in [1.82, 2.24) is 9.38 Å². The molecule has 0 aliphatic heterocycles. The number of aryl methyl sites for hydroxylation is 1. The van der Waals surface area contributed by atoms with Gasteiger partial charge in [0, 0.05) is 24.4 Å². The Morgan fingerprint density at radius 3 is 2.58 bits per heavy atom. The number of rotatable bonds is 8. The molecule has 2 aromatic heterocycles. The molecule has 5 rings (SSSR count). The first-order valence-electron chi connectivity index (χ1n) is 11.5. The number of nitrogens with one attached hydrogen (secondary N) is 1. The van der Waals surface area contributed by atoms with Crippen molar-refractivity contribution in [1.29, 1.82) is 0 Å². The van der Waals surface area contributed by atoms with Crippen LogP contribution in [-0.2, 0) is 16.7 Å². The molecule has 192 valence electrons. The molecular formula is C27H21ClN4O5S. The number of fused-ring (bicyclic) bond motifs is 1. The summed E-state index contributed by atoms with van der Waals surface area (Å²) in [6.45, 7) is 2.53. The Kier molecular flexibility index (Phi) is 6.75. The van der Waals surface area contributed by atoms with Crippen LogP contribution in [0.2, 0.25) is 5.02 Å². The highest BCUT2D eigenvalue weighted by atomic mass is 35.5. The maximum absolute atomic E-state index is 12.9. The molecule has 0 aliphatic rings. The van der Waals surface area contributed by atoms with Crippen LogP contribution >= 0.6 is 11.6 Å². The van der Waals surface area contributed by atoms with E-state index in [2.05, 4.69) is 5.32 Å². The summed E-state index contributed by atoms with van der Waals surface area (Å²) < 4.78 is 33.1. The zero-order chi connectivity index (χ0) is 26.9. The van der Waals surface area contributed by atoms with Crippen molar-refractivity contribution in [3.8, 4) is 17.0 Å². The monoisotopic (exact) mass is 548 g/mol. The van der Waals surface area contributed by atoms with E-state index in [-0.39, 0.29) is 15.7 Å². The molecule has 38 heavy (non-hydrogen) atoms. The number of anilines is 1. The van der Waals surface area contributed by atoms with Crippen LogP contribution < -0.4 is 9.50 Å². The maximum atomic E-state index is 12.9. The summed E-state index contributed by atoms with van der Waals surface area (Å²) >= 11 is 5.82. The van der Waals surface area contributed by atoms with Crippen molar-refractivity contribution in [2.75, 3.05) is 5.32 Å². The number of benzene rings is 3. The standard InChI is InChI=1S/C27H21ClN4O5S/c1-18-12-13-31-25(14-18)30-26(27(31)29-17-19-6-3-2-4-7-19)20-8-5-9-21(15-20)37-38(35,36)22-10-11-23(28)24(16-22)32(33)34/h2-16,29H,17H2,1H3. The van der Waals surface area contributed by atoms with E-state index in [4.69, 9.17) is 20.8 Å². The molecule has 0 atom stereocenters. The molecule has 0 radical (unpaired) electrons. The van der Waals surface area contributed by atoms with E-state index >= 15 is 0 Å². The van der Waals surface area contributed by atoms with Gasteiger partial charge in [0.05, 0.1) is 4.92 Å². The summed E-state index contributed by atoms with van der Waals surface area (Å²) in [5.41, 5.74) is 3.56. The number of nitrogens with zero attached hydrogens (tertiary/aromatic N) is 3. The van der Waals surface area contributed by atoms with E-state index in [0.717, 1.165) is 40.8 Å². The Balaban J connectivity index is 1.51. The lowest BCUT2D eigenvalue weighted by molar-refractivity contribution is -0.384. The molecule has 0 saturated heterocycles. The molecule has 0 aliphatic carbocycles. The molecule has 5 aromatic rings. The lowest BCUT2D eigenvalue weighted by Crippen LogP contribution is -2.10. The van der Waals surface area contributed by atoms with Gasteiger partial charge in [0.1, 0.15) is 32.8 Å². The fourth-order valence-electron chi connectivity index (χ4n) is 3.96. The first-order chi connectivity index (χ1) is 18.2. The third-order valence-corrected chi connectivity index (χ3v) is 7.36. The van der Waals surface area contributed by atoms with Crippen LogP contribution in [0, 0.1) is 17.0 Å². The van der Waals surface area contributed by atoms with Crippen molar-refractivity contribution in [2.45, 2.75) is 18.4 Å². The van der Waals surface area contributed by atoms with Gasteiger partial charge in [0.25, 0.3) is 5.69 Å². The summed E-state index contributed by atoms with van der Waals surface area (Å²) in [5.74, 6) is 0.763. The molecule has 0 spiro atoms. The minimum Gasteiger partial charge on any atom is -0.379 e. The van der Waals surface area contributed by atoms with Crippen LogP contribution in [0.4, 0.5) is 11.5 Å². The summed E-state index contributed by atoms with van der Waals surface area (Å²) in [7, 11) is -4.38. The molecule has 0 fully saturated rings. The zero-order valence-corrected chi connectivity index (χ0v) is 21.6. The first-order valence-corrected chi connectivity index (χ1v) is 13.3. The number of pyridine rings is 1. The van der Waals surface area contributed by atoms with Gasteiger partial charge in [0.15, 0.2) is 0 Å². The van der Waals surface area contributed by atoms with E-state index in [1.165, 1.54) is 6.07 Å². The van der Waals surface area contributed by atoms with E-state index in [9.17, 15) is 18.5 Å². The van der Waals surface area contributed by atoms with Gasteiger partial charge >= 0.3 is 10.1 Å². The lowest BCUT2D eigenvalue weighted by atomic mass is 10.1. The fraction of sp³-hybridized carbons (Fsp3) is 0.0741. The Morgan fingerprint density at radius 2 is 1.82 bits per heavy atom. The molecule has 9 nitrogen and oxygen atoms in total. The molecule has 0 saturated carbocycles. The first kappa shape index (κ1) is 25.2. The summed E-state index contributed by atoms with van der Waals surface area (Å²) in [6.07, 6.45) is 1.92. The smallest absolute Gasteiger partial charge is 0.339 e. The van der Waals surface area contributed by atoms with Crippen molar-refractivity contribution in [3.05, 3.63) is 117 Å². The summed E-state index contributed by atoms with van der Waals surface area (Å²) in [5, 5.41) is 14.5. The Hall–Kier alpha value is -4.41. The molecule has 1 N–H and O–H groups in total. The average Bonchev–Trinajstić information content (AvgIpc) is 3.25. The van der Waals surface area contributed by atoms with Crippen molar-refractivity contribution < 1.29 is 17.5 Å². The highest BCUT2D eigenvalue weighted by molar-refractivity contribution is 7.87. The number of nitro groups is 1. The van der Waals surface area contributed by atoms with Gasteiger partial charge in [0.2, 0.25) is 0 Å². The number of aromatic nitrogens is 2. The predicted octanol–water partition coefficient (Wildman–Crippen LogP) is 6.25. The molecule has 3 aromatic carbocycles. The van der Waals surface area contributed by atoms with Crippen LogP contribution in [0.1, 0.15) is 11.1 Å². The van der Waals surface area contributed by atoms with Crippen LogP contribution in [-0.4, -0.2) is 22.7 Å². The molecule has 11 heteroatoms. The second-order valence-corrected chi connectivity index (χ2v) is 10.5. The van der Waals surface area contributed by atoms with Crippen molar-refractivity contribution in [3.63, 3.8) is 0 Å². The maximum Gasteiger partial charge on any atom is 0.339 e. The summed E-state index contributed by atoms with van der Waals surface area (Å²) in [6, 6.07) is 23.5. The third kappa shape index (κ3) is 5.17. The Bertz CT molecular complexity index is 1770. The van der Waals surface area contributed by atoms with Gasteiger partial charge in [-0.1, -0.05) is 54.1 Å². The van der Waals surface area contributed by atoms with E-state index in [1.807, 2.05) is 60.0 Å². The summed E-state index contributed by atoms with van der Waals surface area (Å²) in [4.78, 5) is 14.9. The SMILES string of the molecule is Cc1ccn2c(NCc3ccccc3)c(-c3cccc(OS(=O)(=O)c4ccc(Cl)c([N+](=O)[O-])c4)c3)nc2c1. The minimum atomic E-state index is -4.38. The van der Waals surface area contributed by atoms with Gasteiger partial charge in [-0.2, -0.15) is 8.42 Å². The number of halogens is 1. The highest BCUT2D eigenvalue weighted by Crippen LogP contribution is 2.33. The van der Waals surface area contributed by atoms with Crippen LogP contribution in [0.5, 0.6) is 5.75 Å². The van der Waals surface area contributed by atoms with Gasteiger partial charge in [-0.3, -0.25) is 14.5 Å². The van der Waals surface area contributed by atoms with Gasteiger partial charge in [-0.05, 0) is 54.4 Å². The van der Waals surface area contributed by atoms with Crippen LogP contribution in [0.3, 0.4) is 0 Å². The third-order valence-electron chi connectivity index (χ3n) is 5.80. The van der Waals surface area contributed by atoms with Crippen molar-refractivity contribution >= 4 is 38.9 Å². The molecular weight excluding hydrogens is 528 g/mol. The number of hydrogen-bond acceptors (Lipinski definition) is 7. The quantitative estimate of drug-likeness (QED) is 0.138. The highest BCUT2D eigenvalue weighted by Gasteiger charge is 2.23. The van der Waals surface area contributed by atoms with Gasteiger partial charge in [-0.25, -0.2) is 4.98 Å². The Labute approximate surface area is 223 Å². The van der Waals surface area contributed by atoms with E-state index in [0.29, 0.717) is 17.8 Å². The van der Waals surface area contributed by atoms with E-state index in [1.54, 1.807) is 18.2 Å². The zero-order valence-electron chi connectivity index (χ0n) is 20.0. The number of nitro benzene ring substituents is 1. The normalized spacial score (nSPS) is 11.4. The molecule has 0 amide bonds. The second-order valence-electron chi connectivity index (χ2n) is 8.52. The minimum absolute atomic E-state index is 0.0300. The van der Waals surface area contributed by atoms with Crippen LogP contribution in [0.15, 0.2) is 96.0 Å². The van der Waals surface area contributed by atoms with Crippen LogP contribution in [0.25, 0.3) is 16.9 Å². The van der Waals surface area contributed by atoms with Gasteiger partial charge in [-0.15, -0.1) is 0 Å². The fourth-order valence-corrected chi connectivity index (χ4v) is 5.09. The number of imidazole rings is 1. The lowest BCUT2D eigenvalue weighted by Gasteiger charge is -2.11. The second kappa shape index (κ2) is 10.2. The topological polar surface area (TPSA) is 116 Å². The van der Waals surface area contributed by atoms with Gasteiger partial charge < -0.3 is 9.50 Å². The predicted molar refractivity (Wildman–Crippen MR) is 145 cm³/mol. The largest absolute Gasteiger partial charge is 0.379 e. The Morgan fingerprint density at radius 1 is 1.03 bits per heavy atom.